The molecule has 20 heavy (non-hydrogen) atoms. The first kappa shape index (κ1) is 12.7. The van der Waals surface area contributed by atoms with Crippen molar-refractivity contribution in [1.82, 2.24) is 25.5 Å². The molecule has 0 spiro atoms. The second kappa shape index (κ2) is 5.33. The Hall–Kier alpha value is -2.35. The molecule has 0 bridgehead atoms. The molecule has 8 heteroatoms. The molecule has 1 heterocycles. The fourth-order valence-electron chi connectivity index (χ4n) is 1.75. The maximum absolute atomic E-state index is 13.7. The smallest absolute Gasteiger partial charge is 0.238 e. The number of aromatic nitrogens is 4. The molecule has 104 valence electrons. The summed E-state index contributed by atoms with van der Waals surface area (Å²) in [6.07, 6.45) is 3.58. The van der Waals surface area contributed by atoms with Gasteiger partial charge in [-0.2, -0.15) is 0 Å². The highest BCUT2D eigenvalue weighted by atomic mass is 19.1. The molecule has 0 unspecified atom stereocenters. The normalized spacial score (nSPS) is 14.2. The van der Waals surface area contributed by atoms with Crippen LogP contribution in [-0.4, -0.2) is 38.7 Å². The summed E-state index contributed by atoms with van der Waals surface area (Å²) in [6.45, 7) is 0.180. The Bertz CT molecular complexity index is 610. The van der Waals surface area contributed by atoms with Gasteiger partial charge >= 0.3 is 0 Å². The fraction of sp³-hybridized carbons (Fsp3) is 0.333. The summed E-state index contributed by atoms with van der Waals surface area (Å²) in [4.78, 5) is 11.7. The maximum atomic E-state index is 13.7. The lowest BCUT2D eigenvalue weighted by Crippen LogP contribution is -2.29. The number of anilines is 1. The highest BCUT2D eigenvalue weighted by molar-refractivity contribution is 5.92. The van der Waals surface area contributed by atoms with E-state index in [2.05, 4.69) is 26.2 Å². The molecule has 0 atom stereocenters. The highest BCUT2D eigenvalue weighted by Gasteiger charge is 2.21. The van der Waals surface area contributed by atoms with E-state index in [9.17, 15) is 9.18 Å². The summed E-state index contributed by atoms with van der Waals surface area (Å²) < 4.78 is 15.1. The first-order valence-corrected chi connectivity index (χ1v) is 6.28. The number of benzene rings is 1. The van der Waals surface area contributed by atoms with E-state index in [0.29, 0.717) is 11.7 Å². The number of nitrogens with one attached hydrogen (secondary N) is 2. The van der Waals surface area contributed by atoms with Gasteiger partial charge in [0.15, 0.2) is 0 Å². The zero-order chi connectivity index (χ0) is 13.9. The summed E-state index contributed by atoms with van der Waals surface area (Å²) >= 11 is 0. The second-order valence-electron chi connectivity index (χ2n) is 4.62. The van der Waals surface area contributed by atoms with Crippen LogP contribution in [0.25, 0.3) is 5.69 Å². The van der Waals surface area contributed by atoms with Gasteiger partial charge in [-0.25, -0.2) is 9.07 Å². The Morgan fingerprint density at radius 1 is 1.45 bits per heavy atom. The molecule has 1 amide bonds. The quantitative estimate of drug-likeness (QED) is 0.830. The number of carbonyl (C=O) groups excluding carboxylic acids is 1. The van der Waals surface area contributed by atoms with Crippen molar-refractivity contribution in [3.05, 3.63) is 30.3 Å². The largest absolute Gasteiger partial charge is 0.322 e. The number of hydrogen-bond acceptors (Lipinski definition) is 5. The summed E-state index contributed by atoms with van der Waals surface area (Å²) in [5.74, 6) is -0.772. The molecule has 1 aromatic heterocycles. The van der Waals surface area contributed by atoms with Gasteiger partial charge in [-0.15, -0.1) is 5.10 Å². The van der Waals surface area contributed by atoms with Crippen molar-refractivity contribution in [3.8, 4) is 5.69 Å². The highest BCUT2D eigenvalue weighted by Crippen LogP contribution is 2.19. The lowest BCUT2D eigenvalue weighted by Gasteiger charge is -2.08. The average Bonchev–Trinajstić information content (AvgIpc) is 3.11. The third-order valence-electron chi connectivity index (χ3n) is 2.97. The Kier molecular flexibility index (Phi) is 3.38. The minimum Gasteiger partial charge on any atom is -0.322 e. The van der Waals surface area contributed by atoms with E-state index in [-0.39, 0.29) is 18.1 Å². The molecule has 1 aliphatic carbocycles. The van der Waals surface area contributed by atoms with E-state index in [0.717, 1.165) is 12.8 Å². The predicted octanol–water partition coefficient (Wildman–Crippen LogP) is 0.492. The van der Waals surface area contributed by atoms with Crippen LogP contribution in [0.1, 0.15) is 12.8 Å². The molecule has 1 fully saturated rings. The van der Waals surface area contributed by atoms with Crippen molar-refractivity contribution in [2.24, 2.45) is 0 Å². The third kappa shape index (κ3) is 2.97. The Labute approximate surface area is 114 Å². The number of hydrogen-bond donors (Lipinski definition) is 2. The Balaban J connectivity index is 1.71. The minimum atomic E-state index is -0.499. The van der Waals surface area contributed by atoms with Crippen LogP contribution >= 0.6 is 0 Å². The van der Waals surface area contributed by atoms with Gasteiger partial charge < -0.3 is 10.6 Å². The Morgan fingerprint density at radius 3 is 3.00 bits per heavy atom. The van der Waals surface area contributed by atoms with Crippen LogP contribution in [0.2, 0.25) is 0 Å². The number of carbonyl (C=O) groups is 1. The Morgan fingerprint density at radius 2 is 2.30 bits per heavy atom. The number of amides is 1. The molecule has 2 N–H and O–H groups in total. The van der Waals surface area contributed by atoms with Gasteiger partial charge in [-0.05, 0) is 41.5 Å². The lowest BCUT2D eigenvalue weighted by atomic mass is 10.2. The van der Waals surface area contributed by atoms with Crippen molar-refractivity contribution in [2.75, 3.05) is 11.9 Å². The van der Waals surface area contributed by atoms with Crippen molar-refractivity contribution < 1.29 is 9.18 Å². The van der Waals surface area contributed by atoms with Gasteiger partial charge in [-0.3, -0.25) is 4.79 Å². The van der Waals surface area contributed by atoms with Crippen molar-refractivity contribution >= 4 is 11.6 Å². The van der Waals surface area contributed by atoms with E-state index in [4.69, 9.17) is 0 Å². The van der Waals surface area contributed by atoms with Gasteiger partial charge in [0.25, 0.3) is 0 Å². The zero-order valence-electron chi connectivity index (χ0n) is 10.6. The summed E-state index contributed by atoms with van der Waals surface area (Å²) in [5, 5.41) is 16.3. The van der Waals surface area contributed by atoms with Gasteiger partial charge in [0.05, 0.1) is 17.9 Å². The van der Waals surface area contributed by atoms with E-state index >= 15 is 0 Å². The first-order chi connectivity index (χ1) is 9.72. The number of halogens is 1. The minimum absolute atomic E-state index is 0.112. The average molecular weight is 276 g/mol. The van der Waals surface area contributed by atoms with Crippen molar-refractivity contribution in [2.45, 2.75) is 18.9 Å². The van der Waals surface area contributed by atoms with Crippen LogP contribution in [0.4, 0.5) is 10.1 Å². The van der Waals surface area contributed by atoms with Crippen LogP contribution in [0.3, 0.4) is 0 Å². The molecule has 0 saturated heterocycles. The maximum Gasteiger partial charge on any atom is 0.238 e. The SMILES string of the molecule is O=C(CNC1CC1)Nc1cc(-n2cnnn2)ccc1F. The lowest BCUT2D eigenvalue weighted by molar-refractivity contribution is -0.115. The third-order valence-corrected chi connectivity index (χ3v) is 2.97. The topological polar surface area (TPSA) is 84.7 Å². The molecular formula is C12H13FN6O. The molecule has 7 nitrogen and oxygen atoms in total. The second-order valence-corrected chi connectivity index (χ2v) is 4.62. The molecule has 1 aliphatic rings. The number of rotatable bonds is 5. The van der Waals surface area contributed by atoms with Crippen molar-refractivity contribution in [3.63, 3.8) is 0 Å². The van der Waals surface area contributed by atoms with Gasteiger partial charge in [0, 0.05) is 6.04 Å². The van der Waals surface area contributed by atoms with E-state index < -0.39 is 5.82 Å². The van der Waals surface area contributed by atoms with Crippen LogP contribution in [0, 0.1) is 5.82 Å². The van der Waals surface area contributed by atoms with Crippen LogP contribution in [0.15, 0.2) is 24.5 Å². The predicted molar refractivity (Wildman–Crippen MR) is 68.8 cm³/mol. The first-order valence-electron chi connectivity index (χ1n) is 6.28. The van der Waals surface area contributed by atoms with Gasteiger partial charge in [0.2, 0.25) is 5.91 Å². The van der Waals surface area contributed by atoms with Crippen LogP contribution in [0.5, 0.6) is 0 Å². The van der Waals surface area contributed by atoms with Gasteiger partial charge in [0.1, 0.15) is 12.1 Å². The molecule has 0 aliphatic heterocycles. The zero-order valence-corrected chi connectivity index (χ0v) is 10.6. The summed E-state index contributed by atoms with van der Waals surface area (Å²) in [7, 11) is 0. The fourth-order valence-corrected chi connectivity index (χ4v) is 1.75. The van der Waals surface area contributed by atoms with Crippen LogP contribution in [-0.2, 0) is 4.79 Å². The molecule has 2 aromatic rings. The number of nitrogens with zero attached hydrogens (tertiary/aromatic N) is 4. The molecule has 1 aromatic carbocycles. The molecule has 1 saturated carbocycles. The van der Waals surface area contributed by atoms with Gasteiger partial charge in [-0.1, -0.05) is 0 Å². The van der Waals surface area contributed by atoms with E-state index in [1.165, 1.54) is 29.2 Å². The molecule has 3 rings (SSSR count). The monoisotopic (exact) mass is 276 g/mol. The summed E-state index contributed by atoms with van der Waals surface area (Å²) in [5.41, 5.74) is 0.683. The van der Waals surface area contributed by atoms with E-state index in [1.807, 2.05) is 0 Å². The molecular weight excluding hydrogens is 263 g/mol. The van der Waals surface area contributed by atoms with Crippen LogP contribution < -0.4 is 10.6 Å². The van der Waals surface area contributed by atoms with Crippen molar-refractivity contribution in [1.29, 1.82) is 0 Å². The number of tetrazole rings is 1. The molecule has 0 radical (unpaired) electrons. The summed E-state index contributed by atoms with van der Waals surface area (Å²) in [6, 6.07) is 4.71. The van der Waals surface area contributed by atoms with E-state index in [1.54, 1.807) is 0 Å². The standard InChI is InChI=1S/C12H13FN6O/c13-10-4-3-9(19-7-15-17-18-19)5-11(10)16-12(20)6-14-8-1-2-8/h3-5,7-8,14H,1-2,6H2,(H,16,20).